The maximum absolute atomic E-state index is 6.02. The highest BCUT2D eigenvalue weighted by Crippen LogP contribution is 2.31. The molecule has 0 aliphatic carbocycles. The molecule has 0 amide bonds. The van der Waals surface area contributed by atoms with E-state index in [1.807, 2.05) is 0 Å². The molecule has 0 radical (unpaired) electrons. The standard InChI is InChI=1S/C14H25BrN2S/c1-10(2)8-17(9-11(3)4)12(7-16)13-5-6-14(15)18-13/h5-6,10-12H,7-9,16H2,1-4H3. The average Bonchev–Trinajstić information content (AvgIpc) is 2.64. The number of hydrogen-bond donors (Lipinski definition) is 1. The van der Waals surface area contributed by atoms with Gasteiger partial charge < -0.3 is 5.73 Å². The molecule has 1 atom stereocenters. The summed E-state index contributed by atoms with van der Waals surface area (Å²) in [6.45, 7) is 12.0. The summed E-state index contributed by atoms with van der Waals surface area (Å²) in [4.78, 5) is 3.90. The Balaban J connectivity index is 2.85. The number of thiophene rings is 1. The Bertz CT molecular complexity index is 339. The first-order chi connectivity index (χ1) is 8.43. The van der Waals surface area contributed by atoms with E-state index in [9.17, 15) is 0 Å². The van der Waals surface area contributed by atoms with Crippen LogP contribution in [-0.4, -0.2) is 24.5 Å². The molecule has 0 aromatic carbocycles. The van der Waals surface area contributed by atoms with E-state index in [4.69, 9.17) is 5.73 Å². The van der Waals surface area contributed by atoms with E-state index >= 15 is 0 Å². The fourth-order valence-electron chi connectivity index (χ4n) is 2.22. The molecule has 2 N–H and O–H groups in total. The van der Waals surface area contributed by atoms with E-state index < -0.39 is 0 Å². The van der Waals surface area contributed by atoms with E-state index in [1.54, 1.807) is 11.3 Å². The Morgan fingerprint density at radius 3 is 2.06 bits per heavy atom. The van der Waals surface area contributed by atoms with E-state index in [1.165, 1.54) is 8.66 Å². The Morgan fingerprint density at radius 2 is 1.72 bits per heavy atom. The SMILES string of the molecule is CC(C)CN(CC(C)C)C(CN)c1ccc(Br)s1. The fraction of sp³-hybridized carbons (Fsp3) is 0.714. The van der Waals surface area contributed by atoms with Crippen molar-refractivity contribution >= 4 is 27.3 Å². The lowest BCUT2D eigenvalue weighted by atomic mass is 10.1. The van der Waals surface area contributed by atoms with Crippen LogP contribution in [-0.2, 0) is 0 Å². The van der Waals surface area contributed by atoms with Gasteiger partial charge in [-0.2, -0.15) is 0 Å². The number of rotatable bonds is 7. The van der Waals surface area contributed by atoms with Gasteiger partial charge in [0.1, 0.15) is 0 Å². The molecule has 1 heterocycles. The maximum Gasteiger partial charge on any atom is 0.0702 e. The molecule has 1 rings (SSSR count). The second-order valence-corrected chi connectivity index (χ2v) is 8.13. The summed E-state index contributed by atoms with van der Waals surface area (Å²) in [5.41, 5.74) is 6.02. The van der Waals surface area contributed by atoms with Crippen molar-refractivity contribution < 1.29 is 0 Å². The molecule has 18 heavy (non-hydrogen) atoms. The minimum absolute atomic E-state index is 0.353. The summed E-state index contributed by atoms with van der Waals surface area (Å²) in [5, 5.41) is 0. The summed E-state index contributed by atoms with van der Waals surface area (Å²) < 4.78 is 1.19. The van der Waals surface area contributed by atoms with Crippen LogP contribution >= 0.6 is 27.3 Å². The number of nitrogens with two attached hydrogens (primary N) is 1. The third kappa shape index (κ3) is 5.00. The third-order valence-electron chi connectivity index (χ3n) is 2.79. The zero-order valence-corrected chi connectivity index (χ0v) is 14.2. The van der Waals surface area contributed by atoms with E-state index in [-0.39, 0.29) is 0 Å². The van der Waals surface area contributed by atoms with Crippen molar-refractivity contribution in [2.24, 2.45) is 17.6 Å². The van der Waals surface area contributed by atoms with Crippen molar-refractivity contribution in [1.29, 1.82) is 0 Å². The van der Waals surface area contributed by atoms with Crippen LogP contribution in [0.25, 0.3) is 0 Å². The Hall–Kier alpha value is 0.1000. The first-order valence-electron chi connectivity index (χ1n) is 6.63. The number of hydrogen-bond acceptors (Lipinski definition) is 3. The normalized spacial score (nSPS) is 13.8. The van der Waals surface area contributed by atoms with Crippen LogP contribution in [0, 0.1) is 11.8 Å². The van der Waals surface area contributed by atoms with Gasteiger partial charge in [0, 0.05) is 24.5 Å². The monoisotopic (exact) mass is 332 g/mol. The molecular formula is C14H25BrN2S. The molecule has 2 nitrogen and oxygen atoms in total. The highest BCUT2D eigenvalue weighted by molar-refractivity contribution is 9.11. The highest BCUT2D eigenvalue weighted by atomic mass is 79.9. The number of halogens is 1. The summed E-state index contributed by atoms with van der Waals surface area (Å²) in [6.07, 6.45) is 0. The molecule has 4 heteroatoms. The van der Waals surface area contributed by atoms with E-state index in [0.717, 1.165) is 13.1 Å². The Labute approximate surface area is 124 Å². The molecule has 0 bridgehead atoms. The van der Waals surface area contributed by atoms with Crippen LogP contribution < -0.4 is 5.73 Å². The van der Waals surface area contributed by atoms with Gasteiger partial charge in [-0.25, -0.2) is 0 Å². The zero-order valence-electron chi connectivity index (χ0n) is 11.8. The molecule has 0 spiro atoms. The van der Waals surface area contributed by atoms with Crippen molar-refractivity contribution in [1.82, 2.24) is 4.90 Å². The molecule has 1 aromatic heterocycles. The van der Waals surface area contributed by atoms with Crippen molar-refractivity contribution in [3.63, 3.8) is 0 Å². The van der Waals surface area contributed by atoms with Gasteiger partial charge in [-0.1, -0.05) is 27.7 Å². The smallest absolute Gasteiger partial charge is 0.0702 e. The van der Waals surface area contributed by atoms with Crippen LogP contribution in [0.15, 0.2) is 15.9 Å². The predicted molar refractivity (Wildman–Crippen MR) is 85.1 cm³/mol. The zero-order chi connectivity index (χ0) is 13.7. The van der Waals surface area contributed by atoms with Gasteiger partial charge in [-0.3, -0.25) is 4.90 Å². The highest BCUT2D eigenvalue weighted by Gasteiger charge is 2.22. The molecule has 0 saturated carbocycles. The molecular weight excluding hydrogens is 308 g/mol. The van der Waals surface area contributed by atoms with E-state index in [0.29, 0.717) is 24.4 Å². The number of nitrogens with zero attached hydrogens (tertiary/aromatic N) is 1. The first-order valence-corrected chi connectivity index (χ1v) is 8.24. The van der Waals surface area contributed by atoms with Crippen molar-refractivity contribution in [2.75, 3.05) is 19.6 Å². The second-order valence-electron chi connectivity index (χ2n) is 5.63. The minimum Gasteiger partial charge on any atom is -0.329 e. The molecule has 0 saturated heterocycles. The largest absolute Gasteiger partial charge is 0.329 e. The molecule has 1 aromatic rings. The van der Waals surface area contributed by atoms with Gasteiger partial charge in [0.25, 0.3) is 0 Å². The van der Waals surface area contributed by atoms with E-state index in [2.05, 4.69) is 60.7 Å². The van der Waals surface area contributed by atoms with Gasteiger partial charge in [-0.15, -0.1) is 11.3 Å². The summed E-state index contributed by atoms with van der Waals surface area (Å²) in [7, 11) is 0. The van der Waals surface area contributed by atoms with Crippen molar-refractivity contribution in [3.8, 4) is 0 Å². The first kappa shape index (κ1) is 16.2. The fourth-order valence-corrected chi connectivity index (χ4v) is 3.79. The molecule has 0 fully saturated rings. The summed E-state index contributed by atoms with van der Waals surface area (Å²) in [6, 6.07) is 4.66. The van der Waals surface area contributed by atoms with Crippen LogP contribution in [0.5, 0.6) is 0 Å². The minimum atomic E-state index is 0.353. The maximum atomic E-state index is 6.02. The quantitative estimate of drug-likeness (QED) is 0.813. The van der Waals surface area contributed by atoms with Gasteiger partial charge >= 0.3 is 0 Å². The van der Waals surface area contributed by atoms with Gasteiger partial charge in [-0.05, 0) is 39.9 Å². The predicted octanol–water partition coefficient (Wildman–Crippen LogP) is 4.12. The van der Waals surface area contributed by atoms with Crippen molar-refractivity contribution in [2.45, 2.75) is 33.7 Å². The van der Waals surface area contributed by atoms with Gasteiger partial charge in [0.05, 0.1) is 9.83 Å². The average molecular weight is 333 g/mol. The third-order valence-corrected chi connectivity index (χ3v) is 4.51. The van der Waals surface area contributed by atoms with Crippen LogP contribution in [0.2, 0.25) is 0 Å². The Kier molecular flexibility index (Phi) is 6.85. The molecule has 0 aliphatic heterocycles. The Morgan fingerprint density at radius 1 is 1.17 bits per heavy atom. The van der Waals surface area contributed by atoms with Gasteiger partial charge in [0.15, 0.2) is 0 Å². The molecule has 104 valence electrons. The molecule has 1 unspecified atom stereocenters. The van der Waals surface area contributed by atoms with Crippen LogP contribution in [0.1, 0.15) is 38.6 Å². The van der Waals surface area contributed by atoms with Crippen LogP contribution in [0.3, 0.4) is 0 Å². The molecule has 0 aliphatic rings. The lowest BCUT2D eigenvalue weighted by Gasteiger charge is -2.33. The summed E-state index contributed by atoms with van der Waals surface area (Å²) in [5.74, 6) is 1.34. The van der Waals surface area contributed by atoms with Gasteiger partial charge in [0.2, 0.25) is 0 Å². The van der Waals surface area contributed by atoms with Crippen LogP contribution in [0.4, 0.5) is 0 Å². The lowest BCUT2D eigenvalue weighted by Crippen LogP contribution is -2.38. The lowest BCUT2D eigenvalue weighted by molar-refractivity contribution is 0.162. The second kappa shape index (κ2) is 7.63. The van der Waals surface area contributed by atoms with Crippen molar-refractivity contribution in [3.05, 3.63) is 20.8 Å². The summed E-state index contributed by atoms with van der Waals surface area (Å²) >= 11 is 5.34. The topological polar surface area (TPSA) is 29.3 Å².